The van der Waals surface area contributed by atoms with Crippen LogP contribution in [-0.2, 0) is 4.74 Å². The van der Waals surface area contributed by atoms with E-state index in [0.29, 0.717) is 11.2 Å². The molecule has 1 aromatic heterocycles. The Morgan fingerprint density at radius 2 is 1.88 bits per heavy atom. The van der Waals surface area contributed by atoms with Gasteiger partial charge in [-0.2, -0.15) is 0 Å². The van der Waals surface area contributed by atoms with E-state index in [1.165, 1.54) is 18.9 Å². The van der Waals surface area contributed by atoms with Crippen molar-refractivity contribution in [3.8, 4) is 17.0 Å². The van der Waals surface area contributed by atoms with E-state index < -0.39 is 11.6 Å². The van der Waals surface area contributed by atoms with Crippen LogP contribution >= 0.6 is 0 Å². The molecule has 5 heteroatoms. The molecule has 0 aliphatic heterocycles. The number of halogens is 2. The van der Waals surface area contributed by atoms with Gasteiger partial charge in [-0.25, -0.2) is 13.8 Å². The van der Waals surface area contributed by atoms with E-state index in [9.17, 15) is 13.9 Å². The topological polar surface area (TPSA) is 42.4 Å². The minimum Gasteiger partial charge on any atom is -0.508 e. The van der Waals surface area contributed by atoms with E-state index in [1.54, 1.807) is 42.5 Å². The number of nitrogens with zero attached hydrogens (tertiary/aromatic N) is 1. The molecular weight excluding hydrogens is 408 g/mol. The van der Waals surface area contributed by atoms with E-state index in [1.807, 2.05) is 6.08 Å². The number of unbranched alkanes of at least 4 members (excludes halogenated alkanes) is 3. The first-order chi connectivity index (χ1) is 15.5. The van der Waals surface area contributed by atoms with Crippen molar-refractivity contribution in [2.45, 2.75) is 58.5 Å². The SMILES string of the molecule is CCCCCOC(C)CCCC=Cc1ccc(-c2ccc3cc(O)ccc3n2)c(F)c1F. The van der Waals surface area contributed by atoms with Crippen LogP contribution in [0.2, 0.25) is 0 Å². The maximum Gasteiger partial charge on any atom is 0.168 e. The third-order valence-electron chi connectivity index (χ3n) is 5.49. The van der Waals surface area contributed by atoms with E-state index >= 15 is 0 Å². The molecule has 3 rings (SSSR count). The number of pyridine rings is 1. The summed E-state index contributed by atoms with van der Waals surface area (Å²) in [6.07, 6.45) is 9.86. The first-order valence-corrected chi connectivity index (χ1v) is 11.4. The van der Waals surface area contributed by atoms with Gasteiger partial charge in [0.05, 0.1) is 17.3 Å². The average Bonchev–Trinajstić information content (AvgIpc) is 2.79. The molecule has 0 amide bonds. The molecule has 0 aliphatic carbocycles. The number of phenols is 1. The highest BCUT2D eigenvalue weighted by Crippen LogP contribution is 2.28. The fraction of sp³-hybridized carbons (Fsp3) is 0.370. The van der Waals surface area contributed by atoms with Crippen molar-refractivity contribution < 1.29 is 18.6 Å². The monoisotopic (exact) mass is 439 g/mol. The predicted octanol–water partition coefficient (Wildman–Crippen LogP) is 7.66. The van der Waals surface area contributed by atoms with Crippen LogP contribution in [0.25, 0.3) is 28.2 Å². The van der Waals surface area contributed by atoms with Crippen molar-refractivity contribution in [2.75, 3.05) is 6.61 Å². The standard InChI is InChI=1S/C27H31F2NO2/c1-3-4-8-17-32-19(2)9-6-5-7-10-20-11-14-23(27(29)26(20)28)25-15-12-21-18-22(31)13-16-24(21)30-25/h7,10-16,18-19,31H,3-6,8-9,17H2,1-2H3. The summed E-state index contributed by atoms with van der Waals surface area (Å²) in [6, 6.07) is 11.2. The van der Waals surface area contributed by atoms with Crippen LogP contribution in [0.5, 0.6) is 5.75 Å². The average molecular weight is 440 g/mol. The molecule has 0 radical (unpaired) electrons. The second-order valence-corrected chi connectivity index (χ2v) is 8.13. The maximum absolute atomic E-state index is 14.8. The Labute approximate surface area is 188 Å². The van der Waals surface area contributed by atoms with Gasteiger partial charge in [-0.1, -0.05) is 44.1 Å². The van der Waals surface area contributed by atoms with E-state index in [-0.39, 0.29) is 23.0 Å². The van der Waals surface area contributed by atoms with E-state index in [4.69, 9.17) is 4.74 Å². The lowest BCUT2D eigenvalue weighted by molar-refractivity contribution is 0.0566. The molecule has 1 N–H and O–H groups in total. The summed E-state index contributed by atoms with van der Waals surface area (Å²) >= 11 is 0. The van der Waals surface area contributed by atoms with Crippen molar-refractivity contribution in [2.24, 2.45) is 0 Å². The van der Waals surface area contributed by atoms with Crippen LogP contribution in [-0.4, -0.2) is 22.8 Å². The Bertz CT molecular complexity index is 1060. The highest BCUT2D eigenvalue weighted by atomic mass is 19.2. The number of rotatable bonds is 11. The normalized spacial score (nSPS) is 12.6. The third kappa shape index (κ3) is 6.36. The van der Waals surface area contributed by atoms with Gasteiger partial charge in [0.15, 0.2) is 11.6 Å². The molecule has 0 fully saturated rings. The second-order valence-electron chi connectivity index (χ2n) is 8.13. The lowest BCUT2D eigenvalue weighted by atomic mass is 10.0. The summed E-state index contributed by atoms with van der Waals surface area (Å²) in [5.74, 6) is -1.65. The van der Waals surface area contributed by atoms with Gasteiger partial charge in [0.1, 0.15) is 5.75 Å². The first kappa shape index (κ1) is 23.9. The van der Waals surface area contributed by atoms with Crippen molar-refractivity contribution in [1.29, 1.82) is 0 Å². The number of benzene rings is 2. The Balaban J connectivity index is 1.59. The first-order valence-electron chi connectivity index (χ1n) is 11.4. The molecule has 0 spiro atoms. The fourth-order valence-corrected chi connectivity index (χ4v) is 3.61. The number of hydrogen-bond acceptors (Lipinski definition) is 3. The molecule has 0 aliphatic rings. The van der Waals surface area contributed by atoms with Crippen molar-refractivity contribution in [3.63, 3.8) is 0 Å². The number of fused-ring (bicyclic) bond motifs is 1. The summed E-state index contributed by atoms with van der Waals surface area (Å²) in [6.45, 7) is 5.05. The molecule has 170 valence electrons. The van der Waals surface area contributed by atoms with Gasteiger partial charge in [0.25, 0.3) is 0 Å². The quantitative estimate of drug-likeness (QED) is 0.312. The van der Waals surface area contributed by atoms with E-state index in [0.717, 1.165) is 37.7 Å². The van der Waals surface area contributed by atoms with Gasteiger partial charge in [-0.05, 0) is 62.9 Å². The zero-order valence-corrected chi connectivity index (χ0v) is 18.8. The van der Waals surface area contributed by atoms with Crippen molar-refractivity contribution in [1.82, 2.24) is 4.98 Å². The highest BCUT2D eigenvalue weighted by Gasteiger charge is 2.15. The zero-order valence-electron chi connectivity index (χ0n) is 18.8. The van der Waals surface area contributed by atoms with Crippen LogP contribution in [0, 0.1) is 11.6 Å². The molecule has 3 nitrogen and oxygen atoms in total. The van der Waals surface area contributed by atoms with Gasteiger partial charge in [-0.3, -0.25) is 0 Å². The summed E-state index contributed by atoms with van der Waals surface area (Å²) in [5, 5.41) is 10.3. The number of aromatic nitrogens is 1. The van der Waals surface area contributed by atoms with Gasteiger partial charge < -0.3 is 9.84 Å². The number of hydrogen-bond donors (Lipinski definition) is 1. The Kier molecular flexibility index (Phi) is 8.74. The van der Waals surface area contributed by atoms with Crippen molar-refractivity contribution in [3.05, 3.63) is 65.7 Å². The molecule has 1 unspecified atom stereocenters. The van der Waals surface area contributed by atoms with Crippen LogP contribution in [0.15, 0.2) is 48.5 Å². The summed E-state index contributed by atoms with van der Waals surface area (Å²) in [5.41, 5.74) is 1.29. The molecule has 32 heavy (non-hydrogen) atoms. The fourth-order valence-electron chi connectivity index (χ4n) is 3.61. The number of allylic oxidation sites excluding steroid dienone is 1. The number of ether oxygens (including phenoxy) is 1. The summed E-state index contributed by atoms with van der Waals surface area (Å²) < 4.78 is 35.2. The van der Waals surface area contributed by atoms with E-state index in [2.05, 4.69) is 18.8 Å². The van der Waals surface area contributed by atoms with Gasteiger partial charge in [-0.15, -0.1) is 0 Å². The molecule has 0 saturated carbocycles. The molecule has 0 bridgehead atoms. The Morgan fingerprint density at radius 1 is 1.03 bits per heavy atom. The third-order valence-corrected chi connectivity index (χ3v) is 5.49. The molecule has 3 aromatic rings. The minimum atomic E-state index is -0.910. The smallest absolute Gasteiger partial charge is 0.168 e. The minimum absolute atomic E-state index is 0.115. The van der Waals surface area contributed by atoms with Gasteiger partial charge in [0.2, 0.25) is 0 Å². The lowest BCUT2D eigenvalue weighted by Gasteiger charge is -2.12. The highest BCUT2D eigenvalue weighted by molar-refractivity contribution is 5.83. The number of phenolic OH excluding ortho intramolecular Hbond substituents is 1. The van der Waals surface area contributed by atoms with Crippen LogP contribution in [0.1, 0.15) is 57.9 Å². The second kappa shape index (κ2) is 11.7. The molecular formula is C27H31F2NO2. The largest absolute Gasteiger partial charge is 0.508 e. The van der Waals surface area contributed by atoms with Gasteiger partial charge in [0, 0.05) is 23.1 Å². The maximum atomic E-state index is 14.8. The number of aromatic hydroxyl groups is 1. The Hall–Kier alpha value is -2.79. The molecule has 1 heterocycles. The van der Waals surface area contributed by atoms with Crippen LogP contribution in [0.4, 0.5) is 8.78 Å². The lowest BCUT2D eigenvalue weighted by Crippen LogP contribution is -2.08. The van der Waals surface area contributed by atoms with Crippen LogP contribution in [0.3, 0.4) is 0 Å². The molecule has 2 aromatic carbocycles. The van der Waals surface area contributed by atoms with Gasteiger partial charge >= 0.3 is 0 Å². The predicted molar refractivity (Wildman–Crippen MR) is 127 cm³/mol. The zero-order chi connectivity index (χ0) is 22.9. The summed E-state index contributed by atoms with van der Waals surface area (Å²) in [4.78, 5) is 4.40. The Morgan fingerprint density at radius 3 is 2.69 bits per heavy atom. The molecule has 0 saturated heterocycles. The molecule has 1 atom stereocenters. The summed E-state index contributed by atoms with van der Waals surface area (Å²) in [7, 11) is 0. The van der Waals surface area contributed by atoms with Crippen molar-refractivity contribution >= 4 is 17.0 Å². The van der Waals surface area contributed by atoms with Crippen LogP contribution < -0.4 is 0 Å².